The minimum atomic E-state index is -0.245. The smallest absolute Gasteiger partial charge is 0.267 e. The van der Waals surface area contributed by atoms with E-state index in [9.17, 15) is 4.79 Å². The summed E-state index contributed by atoms with van der Waals surface area (Å²) in [4.78, 5) is 17.9. The molecule has 1 aromatic carbocycles. The maximum absolute atomic E-state index is 12.5. The van der Waals surface area contributed by atoms with E-state index in [-0.39, 0.29) is 11.1 Å². The van der Waals surface area contributed by atoms with Crippen molar-refractivity contribution in [1.82, 2.24) is 4.57 Å². The monoisotopic (exact) mass is 284 g/mol. The lowest BCUT2D eigenvalue weighted by molar-refractivity contribution is 0.611. The van der Waals surface area contributed by atoms with Crippen LogP contribution in [0.5, 0.6) is 0 Å². The standard InChI is InChI=1S/C16H16N2OS/c1-11-10-16(2,3)17-15-18(11)14(19)13(20-15)9-12-7-5-4-6-8-12/h4-10H,1-3H3. The van der Waals surface area contributed by atoms with Crippen LogP contribution in [0.15, 0.2) is 46.2 Å². The third kappa shape index (κ3) is 2.27. The first kappa shape index (κ1) is 13.1. The molecule has 2 heterocycles. The normalized spacial score (nSPS) is 17.4. The van der Waals surface area contributed by atoms with Gasteiger partial charge in [0.1, 0.15) is 0 Å². The molecule has 0 atom stereocenters. The zero-order valence-corrected chi connectivity index (χ0v) is 12.6. The van der Waals surface area contributed by atoms with Crippen LogP contribution in [0.1, 0.15) is 26.3 Å². The minimum Gasteiger partial charge on any atom is -0.267 e. The summed E-state index contributed by atoms with van der Waals surface area (Å²) in [7, 11) is 0. The molecule has 0 saturated heterocycles. The van der Waals surface area contributed by atoms with Gasteiger partial charge in [-0.2, -0.15) is 0 Å². The molecule has 0 fully saturated rings. The summed E-state index contributed by atoms with van der Waals surface area (Å²) in [5, 5.41) is 0. The van der Waals surface area contributed by atoms with Crippen LogP contribution >= 0.6 is 11.3 Å². The largest absolute Gasteiger partial charge is 0.274 e. The average molecular weight is 284 g/mol. The Morgan fingerprint density at radius 3 is 2.65 bits per heavy atom. The topological polar surface area (TPSA) is 34.4 Å². The van der Waals surface area contributed by atoms with E-state index in [2.05, 4.69) is 4.99 Å². The van der Waals surface area contributed by atoms with Crippen molar-refractivity contribution in [3.05, 3.63) is 61.7 Å². The molecule has 102 valence electrons. The van der Waals surface area contributed by atoms with Crippen molar-refractivity contribution in [3.8, 4) is 0 Å². The number of hydrogen-bond acceptors (Lipinski definition) is 3. The van der Waals surface area contributed by atoms with Crippen LogP contribution in [0, 0.1) is 0 Å². The Bertz CT molecular complexity index is 854. The van der Waals surface area contributed by atoms with Crippen molar-refractivity contribution >= 4 is 23.1 Å². The number of allylic oxidation sites excluding steroid dienone is 1. The highest BCUT2D eigenvalue weighted by Gasteiger charge is 2.20. The highest BCUT2D eigenvalue weighted by Crippen LogP contribution is 2.17. The van der Waals surface area contributed by atoms with Gasteiger partial charge in [0.2, 0.25) is 0 Å². The summed E-state index contributed by atoms with van der Waals surface area (Å²) in [5.41, 5.74) is 1.76. The predicted octanol–water partition coefficient (Wildman–Crippen LogP) is 2.01. The van der Waals surface area contributed by atoms with E-state index < -0.39 is 0 Å². The zero-order chi connectivity index (χ0) is 14.3. The summed E-state index contributed by atoms with van der Waals surface area (Å²) < 4.78 is 2.42. The van der Waals surface area contributed by atoms with Crippen LogP contribution in [-0.4, -0.2) is 10.1 Å². The summed E-state index contributed by atoms with van der Waals surface area (Å²) in [6.45, 7) is 6.05. The summed E-state index contributed by atoms with van der Waals surface area (Å²) in [5.74, 6) is 0. The van der Waals surface area contributed by atoms with E-state index in [1.165, 1.54) is 11.3 Å². The number of thiazole rings is 1. The second-order valence-electron chi connectivity index (χ2n) is 5.50. The van der Waals surface area contributed by atoms with Crippen LogP contribution in [0.2, 0.25) is 0 Å². The van der Waals surface area contributed by atoms with Crippen molar-refractivity contribution in [3.63, 3.8) is 0 Å². The Morgan fingerprint density at radius 1 is 1.25 bits per heavy atom. The van der Waals surface area contributed by atoms with Gasteiger partial charge < -0.3 is 0 Å². The van der Waals surface area contributed by atoms with Crippen LogP contribution in [0.3, 0.4) is 0 Å². The molecule has 0 unspecified atom stereocenters. The molecule has 0 spiro atoms. The van der Waals surface area contributed by atoms with Gasteiger partial charge in [-0.25, -0.2) is 4.99 Å². The second-order valence-corrected chi connectivity index (χ2v) is 6.50. The molecule has 4 heteroatoms. The van der Waals surface area contributed by atoms with Crippen molar-refractivity contribution in [2.45, 2.75) is 26.3 Å². The van der Waals surface area contributed by atoms with Gasteiger partial charge in [0.05, 0.1) is 10.1 Å². The summed E-state index contributed by atoms with van der Waals surface area (Å²) >= 11 is 1.45. The fourth-order valence-corrected chi connectivity index (χ4v) is 3.58. The molecule has 20 heavy (non-hydrogen) atoms. The number of rotatable bonds is 1. The van der Waals surface area contributed by atoms with E-state index >= 15 is 0 Å². The van der Waals surface area contributed by atoms with Crippen molar-refractivity contribution < 1.29 is 0 Å². The predicted molar refractivity (Wildman–Crippen MR) is 83.4 cm³/mol. The van der Waals surface area contributed by atoms with Gasteiger partial charge in [0, 0.05) is 5.70 Å². The maximum Gasteiger partial charge on any atom is 0.274 e. The van der Waals surface area contributed by atoms with Gasteiger partial charge in [-0.1, -0.05) is 41.7 Å². The number of fused-ring (bicyclic) bond motifs is 1. The maximum atomic E-state index is 12.5. The van der Waals surface area contributed by atoms with E-state index in [0.29, 0.717) is 0 Å². The Balaban J connectivity index is 2.27. The first-order valence-electron chi connectivity index (χ1n) is 6.55. The lowest BCUT2D eigenvalue weighted by atomic mass is 10.0. The Labute approximate surface area is 121 Å². The quantitative estimate of drug-likeness (QED) is 0.789. The van der Waals surface area contributed by atoms with Gasteiger partial charge in [-0.15, -0.1) is 0 Å². The van der Waals surface area contributed by atoms with Gasteiger partial charge >= 0.3 is 0 Å². The van der Waals surface area contributed by atoms with E-state index in [1.807, 2.05) is 63.3 Å². The van der Waals surface area contributed by atoms with E-state index in [0.717, 1.165) is 20.6 Å². The zero-order valence-electron chi connectivity index (χ0n) is 11.8. The minimum absolute atomic E-state index is 0.0156. The van der Waals surface area contributed by atoms with Crippen molar-refractivity contribution in [1.29, 1.82) is 0 Å². The molecule has 0 saturated carbocycles. The number of aromatic nitrogens is 1. The molecular formula is C16H16N2OS. The third-order valence-electron chi connectivity index (χ3n) is 3.20. The fourth-order valence-electron chi connectivity index (χ4n) is 2.41. The molecule has 0 amide bonds. The Hall–Kier alpha value is -1.94. The molecule has 1 aliphatic heterocycles. The number of hydrogen-bond donors (Lipinski definition) is 0. The first-order chi connectivity index (χ1) is 9.46. The summed E-state index contributed by atoms with van der Waals surface area (Å²) in [6.07, 6.45) is 3.95. The number of benzene rings is 1. The highest BCUT2D eigenvalue weighted by atomic mass is 32.1. The number of nitrogens with zero attached hydrogens (tertiary/aromatic N) is 2. The summed E-state index contributed by atoms with van der Waals surface area (Å²) in [6, 6.07) is 9.89. The SMILES string of the molecule is CC1=CC(C)(C)N=c2sc(=Cc3ccccc3)c(=O)n21. The van der Waals surface area contributed by atoms with E-state index in [4.69, 9.17) is 0 Å². The highest BCUT2D eigenvalue weighted by molar-refractivity contribution is 7.07. The van der Waals surface area contributed by atoms with Crippen LogP contribution in [0.25, 0.3) is 11.8 Å². The van der Waals surface area contributed by atoms with Crippen LogP contribution in [-0.2, 0) is 0 Å². The van der Waals surface area contributed by atoms with Crippen molar-refractivity contribution in [2.24, 2.45) is 4.99 Å². The molecule has 3 rings (SSSR count). The van der Waals surface area contributed by atoms with Gasteiger partial charge in [0.25, 0.3) is 5.56 Å². The average Bonchev–Trinajstić information content (AvgIpc) is 2.65. The Morgan fingerprint density at radius 2 is 1.95 bits per heavy atom. The molecule has 1 aliphatic rings. The molecule has 0 N–H and O–H groups in total. The molecule has 3 nitrogen and oxygen atoms in total. The van der Waals surface area contributed by atoms with Gasteiger partial charge in [-0.3, -0.25) is 9.36 Å². The van der Waals surface area contributed by atoms with Gasteiger partial charge in [-0.05, 0) is 38.5 Å². The third-order valence-corrected chi connectivity index (χ3v) is 4.17. The van der Waals surface area contributed by atoms with Crippen molar-refractivity contribution in [2.75, 3.05) is 0 Å². The molecule has 0 bridgehead atoms. The van der Waals surface area contributed by atoms with Gasteiger partial charge in [0.15, 0.2) is 4.80 Å². The molecule has 0 aliphatic carbocycles. The van der Waals surface area contributed by atoms with E-state index in [1.54, 1.807) is 4.57 Å². The second kappa shape index (κ2) is 4.56. The Kier molecular flexibility index (Phi) is 2.98. The first-order valence-corrected chi connectivity index (χ1v) is 7.36. The van der Waals surface area contributed by atoms with Crippen LogP contribution in [0.4, 0.5) is 0 Å². The molecule has 1 aromatic heterocycles. The lowest BCUT2D eigenvalue weighted by Crippen LogP contribution is -2.35. The fraction of sp³-hybridized carbons (Fsp3) is 0.250. The van der Waals surface area contributed by atoms with Crippen LogP contribution < -0.4 is 14.9 Å². The molecule has 2 aromatic rings. The lowest BCUT2D eigenvalue weighted by Gasteiger charge is -2.20. The molecule has 0 radical (unpaired) electrons. The molecular weight excluding hydrogens is 268 g/mol.